The maximum Gasteiger partial charge on any atom is 0.272 e. The first-order valence-electron chi connectivity index (χ1n) is 9.34. The smallest absolute Gasteiger partial charge is 0.272 e. The van der Waals surface area contributed by atoms with E-state index in [1.54, 1.807) is 18.2 Å². The van der Waals surface area contributed by atoms with Crippen molar-refractivity contribution in [2.24, 2.45) is 5.10 Å². The van der Waals surface area contributed by atoms with Gasteiger partial charge in [0.1, 0.15) is 18.5 Å². The second-order valence-corrected chi connectivity index (χ2v) is 7.07. The van der Waals surface area contributed by atoms with Crippen LogP contribution in [0.15, 0.2) is 29.6 Å². The number of carbonyl (C=O) groups excluding carboxylic acids is 2. The summed E-state index contributed by atoms with van der Waals surface area (Å²) in [7, 11) is 0. The zero-order valence-corrected chi connectivity index (χ0v) is 16.7. The third-order valence-corrected chi connectivity index (χ3v) is 4.80. The number of aromatic nitrogens is 4. The third-order valence-electron chi connectivity index (χ3n) is 4.57. The van der Waals surface area contributed by atoms with Gasteiger partial charge in [0, 0.05) is 24.2 Å². The van der Waals surface area contributed by atoms with Crippen LogP contribution in [0, 0.1) is 0 Å². The lowest BCUT2D eigenvalue weighted by molar-refractivity contribution is -0.146. The number of unbranched alkanes of at least 4 members (excludes halogenated alkanes) is 1. The van der Waals surface area contributed by atoms with Crippen LogP contribution in [0.3, 0.4) is 0 Å². The highest BCUT2D eigenvalue weighted by molar-refractivity contribution is 6.30. The molecule has 0 radical (unpaired) electrons. The Kier molecular flexibility index (Phi) is 6.89. The molecule has 1 aromatic carbocycles. The van der Waals surface area contributed by atoms with E-state index in [9.17, 15) is 14.7 Å². The zero-order valence-electron chi connectivity index (χ0n) is 15.9. The molecule has 0 spiro atoms. The van der Waals surface area contributed by atoms with Gasteiger partial charge in [-0.2, -0.15) is 5.10 Å². The summed E-state index contributed by atoms with van der Waals surface area (Å²) in [4.78, 5) is 25.1. The molecule has 1 aliphatic rings. The molecule has 29 heavy (non-hydrogen) atoms. The summed E-state index contributed by atoms with van der Waals surface area (Å²) in [6.07, 6.45) is 3.98. The second-order valence-electron chi connectivity index (χ2n) is 6.64. The lowest BCUT2D eigenvalue weighted by Gasteiger charge is -2.23. The summed E-state index contributed by atoms with van der Waals surface area (Å²) < 4.78 is 1.47. The number of nitrogens with one attached hydrogen (secondary N) is 1. The molecule has 3 rings (SSSR count). The van der Waals surface area contributed by atoms with Gasteiger partial charge in [-0.3, -0.25) is 9.59 Å². The van der Waals surface area contributed by atoms with E-state index in [0.717, 1.165) is 17.9 Å². The fourth-order valence-electron chi connectivity index (χ4n) is 3.01. The number of tetrazole rings is 1. The van der Waals surface area contributed by atoms with E-state index in [1.807, 2.05) is 6.92 Å². The molecule has 2 heterocycles. The van der Waals surface area contributed by atoms with Crippen LogP contribution in [0.2, 0.25) is 5.02 Å². The molecule has 2 atom stereocenters. The molecule has 0 fully saturated rings. The van der Waals surface area contributed by atoms with Gasteiger partial charge in [-0.1, -0.05) is 31.4 Å². The molecule has 0 bridgehead atoms. The first kappa shape index (κ1) is 20.9. The normalized spacial score (nSPS) is 16.8. The topological polar surface area (TPSA) is 126 Å². The largest absolute Gasteiger partial charge is 0.383 e. The van der Waals surface area contributed by atoms with Crippen molar-refractivity contribution in [3.63, 3.8) is 0 Å². The lowest BCUT2D eigenvalue weighted by Crippen LogP contribution is -2.47. The summed E-state index contributed by atoms with van der Waals surface area (Å²) in [5.41, 5.74) is 1.38. The Labute approximate surface area is 172 Å². The minimum absolute atomic E-state index is 0.158. The molecule has 0 aliphatic carbocycles. The summed E-state index contributed by atoms with van der Waals surface area (Å²) in [5.74, 6) is -0.939. The van der Waals surface area contributed by atoms with Crippen molar-refractivity contribution in [3.8, 4) is 5.69 Å². The summed E-state index contributed by atoms with van der Waals surface area (Å²) >= 11 is 6.09. The van der Waals surface area contributed by atoms with Gasteiger partial charge in [0.2, 0.25) is 5.91 Å². The Morgan fingerprint density at radius 1 is 1.41 bits per heavy atom. The van der Waals surface area contributed by atoms with Crippen molar-refractivity contribution in [3.05, 3.63) is 35.1 Å². The molecule has 1 aliphatic heterocycles. The van der Waals surface area contributed by atoms with Gasteiger partial charge < -0.3 is 10.4 Å². The average molecular weight is 420 g/mol. The Bertz CT molecular complexity index is 888. The van der Waals surface area contributed by atoms with Crippen LogP contribution in [0.1, 0.15) is 38.2 Å². The number of nitrogens with zero attached hydrogens (tertiary/aromatic N) is 6. The van der Waals surface area contributed by atoms with E-state index in [4.69, 9.17) is 11.6 Å². The zero-order chi connectivity index (χ0) is 20.8. The van der Waals surface area contributed by atoms with Crippen molar-refractivity contribution in [2.45, 2.75) is 51.3 Å². The molecule has 2 amide bonds. The van der Waals surface area contributed by atoms with Crippen LogP contribution in [-0.2, 0) is 16.1 Å². The monoisotopic (exact) mass is 419 g/mol. The molecule has 0 saturated heterocycles. The van der Waals surface area contributed by atoms with Crippen LogP contribution in [0.5, 0.6) is 0 Å². The second kappa shape index (κ2) is 9.57. The quantitative estimate of drug-likeness (QED) is 0.659. The molecule has 1 unspecified atom stereocenters. The van der Waals surface area contributed by atoms with Crippen LogP contribution < -0.4 is 5.32 Å². The highest BCUT2D eigenvalue weighted by Gasteiger charge is 2.35. The van der Waals surface area contributed by atoms with Gasteiger partial charge in [0.15, 0.2) is 0 Å². The number of amides is 2. The predicted octanol–water partition coefficient (Wildman–Crippen LogP) is 1.07. The summed E-state index contributed by atoms with van der Waals surface area (Å²) in [5, 5.41) is 29.5. The number of hydrogen-bond acceptors (Lipinski definition) is 7. The number of hydrazone groups is 1. The van der Waals surface area contributed by atoms with Gasteiger partial charge in [0.25, 0.3) is 5.91 Å². The van der Waals surface area contributed by atoms with Crippen LogP contribution in [-0.4, -0.2) is 60.5 Å². The summed E-state index contributed by atoms with van der Waals surface area (Å²) in [6.45, 7) is 2.13. The van der Waals surface area contributed by atoms with Gasteiger partial charge in [-0.25, -0.2) is 9.69 Å². The molecule has 11 heteroatoms. The summed E-state index contributed by atoms with van der Waals surface area (Å²) in [6, 6.07) is 4.36. The maximum atomic E-state index is 12.7. The molecule has 10 nitrogen and oxygen atoms in total. The van der Waals surface area contributed by atoms with Gasteiger partial charge in [-0.05, 0) is 40.6 Å². The standard InChI is InChI=1S/C18H22ClN7O3/c1-2-3-4-16(27)18(29)26-15(7-8-22-26)17(28)20-10-12-9-13(19)5-6-14(12)25-11-21-23-24-25/h5-6,8-9,11,15-16,27H,2-4,7,10H2,1H3,(H,20,28)/t15?,16-/m1/s1. The Morgan fingerprint density at radius 2 is 2.24 bits per heavy atom. The Morgan fingerprint density at radius 3 is 2.97 bits per heavy atom. The molecular weight excluding hydrogens is 398 g/mol. The van der Waals surface area contributed by atoms with Crippen LogP contribution in [0.25, 0.3) is 5.69 Å². The van der Waals surface area contributed by atoms with Crippen LogP contribution in [0.4, 0.5) is 0 Å². The van der Waals surface area contributed by atoms with E-state index in [-0.39, 0.29) is 18.9 Å². The van der Waals surface area contributed by atoms with Crippen LogP contribution >= 0.6 is 11.6 Å². The molecule has 154 valence electrons. The van der Waals surface area contributed by atoms with E-state index in [2.05, 4.69) is 25.9 Å². The fourth-order valence-corrected chi connectivity index (χ4v) is 3.20. The van der Waals surface area contributed by atoms with E-state index >= 15 is 0 Å². The SMILES string of the molecule is CCCC[C@@H](O)C(=O)N1N=CCC1C(=O)NCc1cc(Cl)ccc1-n1cnnn1. The van der Waals surface area contributed by atoms with Crippen molar-refractivity contribution in [2.75, 3.05) is 0 Å². The van der Waals surface area contributed by atoms with Crippen molar-refractivity contribution in [1.82, 2.24) is 30.5 Å². The van der Waals surface area contributed by atoms with Gasteiger partial charge >= 0.3 is 0 Å². The molecule has 2 aromatic rings. The number of aliphatic hydroxyl groups excluding tert-OH is 1. The van der Waals surface area contributed by atoms with Gasteiger partial charge in [0.05, 0.1) is 5.69 Å². The minimum Gasteiger partial charge on any atom is -0.383 e. The Hall–Kier alpha value is -2.85. The van der Waals surface area contributed by atoms with Crippen molar-refractivity contribution in [1.29, 1.82) is 0 Å². The average Bonchev–Trinajstić information content (AvgIpc) is 3.41. The number of carbonyl (C=O) groups is 2. The number of aliphatic hydroxyl groups is 1. The minimum atomic E-state index is -1.17. The fraction of sp³-hybridized carbons (Fsp3) is 0.444. The maximum absolute atomic E-state index is 12.7. The Balaban J connectivity index is 1.67. The highest BCUT2D eigenvalue weighted by atomic mass is 35.5. The predicted molar refractivity (Wildman–Crippen MR) is 105 cm³/mol. The van der Waals surface area contributed by atoms with E-state index < -0.39 is 18.1 Å². The number of benzene rings is 1. The van der Waals surface area contributed by atoms with Crippen molar-refractivity contribution < 1.29 is 14.7 Å². The molecule has 0 saturated carbocycles. The number of hydrogen-bond donors (Lipinski definition) is 2. The van der Waals surface area contributed by atoms with E-state index in [0.29, 0.717) is 22.7 Å². The van der Waals surface area contributed by atoms with Gasteiger partial charge in [-0.15, -0.1) is 5.10 Å². The lowest BCUT2D eigenvalue weighted by atomic mass is 10.1. The number of halogens is 1. The highest BCUT2D eigenvalue weighted by Crippen LogP contribution is 2.20. The first-order chi connectivity index (χ1) is 14.0. The molecule has 2 N–H and O–H groups in total. The van der Waals surface area contributed by atoms with Crippen molar-refractivity contribution >= 4 is 29.6 Å². The first-order valence-corrected chi connectivity index (χ1v) is 9.72. The molecular formula is C18H22ClN7O3. The molecule has 1 aromatic heterocycles. The van der Waals surface area contributed by atoms with E-state index in [1.165, 1.54) is 17.2 Å². The number of rotatable bonds is 8. The third kappa shape index (κ3) is 4.96.